The van der Waals surface area contributed by atoms with Crippen molar-refractivity contribution in [3.05, 3.63) is 23.8 Å². The minimum atomic E-state index is -0.109. The summed E-state index contributed by atoms with van der Waals surface area (Å²) < 4.78 is 6.09. The average molecular weight is 357 g/mol. The number of hydrogen-bond acceptors (Lipinski definition) is 3. The molecule has 3 saturated carbocycles. The highest BCUT2D eigenvalue weighted by Crippen LogP contribution is 2.64. The first-order chi connectivity index (χ1) is 12.2. The normalized spacial score (nSPS) is 44.2. The van der Waals surface area contributed by atoms with Crippen LogP contribution in [0.3, 0.4) is 0 Å². The van der Waals surface area contributed by atoms with Crippen molar-refractivity contribution in [2.45, 2.75) is 72.3 Å². The summed E-state index contributed by atoms with van der Waals surface area (Å²) in [5.41, 5.74) is 1.52. The van der Waals surface area contributed by atoms with Crippen LogP contribution < -0.4 is 0 Å². The molecule has 142 valence electrons. The van der Waals surface area contributed by atoms with Crippen LogP contribution in [0.4, 0.5) is 0 Å². The summed E-state index contributed by atoms with van der Waals surface area (Å²) in [6.07, 6.45) is 12.6. The van der Waals surface area contributed by atoms with Gasteiger partial charge in [0.25, 0.3) is 0 Å². The van der Waals surface area contributed by atoms with Gasteiger partial charge in [0.05, 0.1) is 5.92 Å². The van der Waals surface area contributed by atoms with Crippen molar-refractivity contribution in [1.82, 2.24) is 0 Å². The van der Waals surface area contributed by atoms with E-state index in [1.807, 2.05) is 19.9 Å². The Balaban J connectivity index is 1.74. The third kappa shape index (κ3) is 2.61. The molecule has 4 aliphatic carbocycles. The Morgan fingerprint density at radius 2 is 1.96 bits per heavy atom. The number of fused-ring (bicyclic) bond motifs is 5. The first kappa shape index (κ1) is 18.0. The topological polar surface area (TPSA) is 43.4 Å². The predicted octanol–water partition coefficient (Wildman–Crippen LogP) is 4.86. The third-order valence-corrected chi connectivity index (χ3v) is 8.08. The standard InChI is InChI=1S/C23H32O3/c1-14(2)21(25)26-19-13-15-12-16(24)7-11-23(15,4)18-8-10-22(3)9-5-6-17(22)20(18)19/h7,11-12,14,17-20H,5-6,8-10,13H2,1-4H3/t17-,18-,19+,20-,22-,23-/m0/s1. The first-order valence-electron chi connectivity index (χ1n) is 10.4. The van der Waals surface area contributed by atoms with E-state index in [4.69, 9.17) is 4.74 Å². The van der Waals surface area contributed by atoms with Gasteiger partial charge in [-0.2, -0.15) is 0 Å². The summed E-state index contributed by atoms with van der Waals surface area (Å²) in [6.45, 7) is 8.56. The Morgan fingerprint density at radius 3 is 2.69 bits per heavy atom. The van der Waals surface area contributed by atoms with Crippen molar-refractivity contribution < 1.29 is 14.3 Å². The zero-order chi connectivity index (χ0) is 18.7. The van der Waals surface area contributed by atoms with Gasteiger partial charge in [0.1, 0.15) is 6.10 Å². The van der Waals surface area contributed by atoms with Crippen molar-refractivity contribution in [1.29, 1.82) is 0 Å². The molecule has 0 N–H and O–H groups in total. The van der Waals surface area contributed by atoms with Crippen molar-refractivity contribution in [2.75, 3.05) is 0 Å². The number of ketones is 1. The van der Waals surface area contributed by atoms with Gasteiger partial charge in [-0.1, -0.05) is 45.8 Å². The minimum Gasteiger partial charge on any atom is -0.462 e. The van der Waals surface area contributed by atoms with Gasteiger partial charge in [-0.3, -0.25) is 9.59 Å². The molecule has 3 heteroatoms. The fraction of sp³-hybridized carbons (Fsp3) is 0.739. The molecule has 0 aliphatic heterocycles. The molecule has 0 unspecified atom stereocenters. The van der Waals surface area contributed by atoms with Crippen LogP contribution in [-0.2, 0) is 14.3 Å². The molecule has 6 atom stereocenters. The van der Waals surface area contributed by atoms with Crippen LogP contribution in [0.2, 0.25) is 0 Å². The van der Waals surface area contributed by atoms with E-state index in [1.54, 1.807) is 6.08 Å². The SMILES string of the molecule is CC(C)C(=O)O[C@@H]1CC2=CC(=O)C=C[C@]2(C)[C@H]2CC[C@]3(C)CCC[C@H]3[C@H]12. The smallest absolute Gasteiger partial charge is 0.308 e. The van der Waals surface area contributed by atoms with Gasteiger partial charge in [-0.15, -0.1) is 0 Å². The maximum absolute atomic E-state index is 12.4. The molecule has 3 nitrogen and oxygen atoms in total. The Morgan fingerprint density at radius 1 is 1.19 bits per heavy atom. The molecule has 26 heavy (non-hydrogen) atoms. The number of hydrogen-bond donors (Lipinski definition) is 0. The van der Waals surface area contributed by atoms with Gasteiger partial charge in [0, 0.05) is 17.8 Å². The second-order valence-corrected chi connectivity index (χ2v) is 9.90. The van der Waals surface area contributed by atoms with Crippen LogP contribution in [0.1, 0.15) is 66.2 Å². The van der Waals surface area contributed by atoms with Crippen molar-refractivity contribution in [3.8, 4) is 0 Å². The lowest BCUT2D eigenvalue weighted by Gasteiger charge is -2.58. The predicted molar refractivity (Wildman–Crippen MR) is 101 cm³/mol. The van der Waals surface area contributed by atoms with Gasteiger partial charge < -0.3 is 4.74 Å². The highest BCUT2D eigenvalue weighted by atomic mass is 16.5. The van der Waals surface area contributed by atoms with Gasteiger partial charge in [0.2, 0.25) is 0 Å². The average Bonchev–Trinajstić information content (AvgIpc) is 2.97. The van der Waals surface area contributed by atoms with Crippen LogP contribution >= 0.6 is 0 Å². The summed E-state index contributed by atoms with van der Waals surface area (Å²) in [5, 5.41) is 0. The van der Waals surface area contributed by atoms with Crippen molar-refractivity contribution in [2.24, 2.45) is 34.5 Å². The first-order valence-corrected chi connectivity index (χ1v) is 10.4. The van der Waals surface area contributed by atoms with E-state index in [2.05, 4.69) is 19.9 Å². The van der Waals surface area contributed by atoms with E-state index in [-0.39, 0.29) is 29.2 Å². The molecule has 0 aromatic carbocycles. The Kier molecular flexibility index (Phi) is 4.20. The molecule has 0 radical (unpaired) electrons. The van der Waals surface area contributed by atoms with Crippen LogP contribution in [0, 0.1) is 34.5 Å². The van der Waals surface area contributed by atoms with E-state index in [9.17, 15) is 9.59 Å². The molecule has 4 aliphatic rings. The molecule has 0 saturated heterocycles. The van der Waals surface area contributed by atoms with Crippen molar-refractivity contribution in [3.63, 3.8) is 0 Å². The minimum absolute atomic E-state index is 0.0523. The van der Waals surface area contributed by atoms with Crippen LogP contribution in [-0.4, -0.2) is 17.9 Å². The third-order valence-electron chi connectivity index (χ3n) is 8.08. The second kappa shape index (κ2) is 6.07. The summed E-state index contributed by atoms with van der Waals surface area (Å²) in [6, 6.07) is 0. The molecule has 0 aromatic rings. The van der Waals surface area contributed by atoms with Gasteiger partial charge in [-0.05, 0) is 55.1 Å². The molecular weight excluding hydrogens is 324 g/mol. The summed E-state index contributed by atoms with van der Waals surface area (Å²) >= 11 is 0. The van der Waals surface area contributed by atoms with Gasteiger partial charge in [-0.25, -0.2) is 0 Å². The number of carbonyl (C=O) groups excluding carboxylic acids is 2. The molecular formula is C23H32O3. The maximum Gasteiger partial charge on any atom is 0.308 e. The fourth-order valence-electron chi connectivity index (χ4n) is 6.54. The quantitative estimate of drug-likeness (QED) is 0.664. The Bertz CT molecular complexity index is 688. The van der Waals surface area contributed by atoms with Crippen LogP contribution in [0.15, 0.2) is 23.8 Å². The molecule has 0 aromatic heterocycles. The second-order valence-electron chi connectivity index (χ2n) is 9.90. The molecule has 4 rings (SSSR count). The Labute approximate surface area is 157 Å². The number of ether oxygens (including phenoxy) is 1. The lowest BCUT2D eigenvalue weighted by atomic mass is 9.48. The fourth-order valence-corrected chi connectivity index (χ4v) is 6.54. The molecule has 0 heterocycles. The molecule has 0 bridgehead atoms. The number of rotatable bonds is 2. The largest absolute Gasteiger partial charge is 0.462 e. The van der Waals surface area contributed by atoms with E-state index in [0.29, 0.717) is 23.2 Å². The van der Waals surface area contributed by atoms with Crippen molar-refractivity contribution >= 4 is 11.8 Å². The molecule has 0 spiro atoms. The van der Waals surface area contributed by atoms with E-state index in [0.717, 1.165) is 6.42 Å². The van der Waals surface area contributed by atoms with E-state index < -0.39 is 0 Å². The number of esters is 1. The summed E-state index contributed by atoms with van der Waals surface area (Å²) in [7, 11) is 0. The highest BCUT2D eigenvalue weighted by molar-refractivity contribution is 6.01. The van der Waals surface area contributed by atoms with Crippen LogP contribution in [0.25, 0.3) is 0 Å². The van der Waals surface area contributed by atoms with Gasteiger partial charge in [0.15, 0.2) is 5.78 Å². The van der Waals surface area contributed by atoms with Gasteiger partial charge >= 0.3 is 5.97 Å². The van der Waals surface area contributed by atoms with Crippen LogP contribution in [0.5, 0.6) is 0 Å². The molecule has 3 fully saturated rings. The highest BCUT2D eigenvalue weighted by Gasteiger charge is 2.59. The van der Waals surface area contributed by atoms with E-state index >= 15 is 0 Å². The van der Waals surface area contributed by atoms with E-state index in [1.165, 1.54) is 37.7 Å². The number of allylic oxidation sites excluding steroid dienone is 3. The lowest BCUT2D eigenvalue weighted by molar-refractivity contribution is -0.167. The zero-order valence-corrected chi connectivity index (χ0v) is 16.6. The lowest BCUT2D eigenvalue weighted by Crippen LogP contribution is -2.54. The maximum atomic E-state index is 12.4. The summed E-state index contributed by atoms with van der Waals surface area (Å²) in [4.78, 5) is 24.5. The zero-order valence-electron chi connectivity index (χ0n) is 16.6. The summed E-state index contributed by atoms with van der Waals surface area (Å²) in [5.74, 6) is 1.39. The molecule has 0 amide bonds. The Hall–Kier alpha value is -1.38. The number of carbonyl (C=O) groups is 2. The monoisotopic (exact) mass is 356 g/mol.